The van der Waals surface area contributed by atoms with Crippen molar-refractivity contribution in [2.75, 3.05) is 20.2 Å². The van der Waals surface area contributed by atoms with Crippen molar-refractivity contribution in [3.8, 4) is 0 Å². The number of methoxy groups -OCH3 is 1. The molecule has 1 N–H and O–H groups in total. The van der Waals surface area contributed by atoms with Crippen LogP contribution in [0, 0.1) is 0 Å². The van der Waals surface area contributed by atoms with E-state index in [0.717, 1.165) is 32.4 Å². The summed E-state index contributed by atoms with van der Waals surface area (Å²) >= 11 is 0. The number of piperidine rings is 1. The minimum atomic E-state index is -0.712. The highest BCUT2D eigenvalue weighted by molar-refractivity contribution is 5.67. The van der Waals surface area contributed by atoms with Crippen LogP contribution in [-0.2, 0) is 9.53 Å². The highest BCUT2D eigenvalue weighted by Gasteiger charge is 2.33. The molecule has 16 heavy (non-hydrogen) atoms. The fraction of sp³-hybridized carbons (Fsp3) is 0.917. The Hall–Kier alpha value is -0.610. The van der Waals surface area contributed by atoms with Gasteiger partial charge in [0.05, 0.1) is 12.0 Å². The quantitative estimate of drug-likeness (QED) is 0.780. The van der Waals surface area contributed by atoms with Crippen LogP contribution in [-0.4, -0.2) is 47.8 Å². The Morgan fingerprint density at radius 3 is 2.81 bits per heavy atom. The molecule has 1 fully saturated rings. The summed E-state index contributed by atoms with van der Waals surface area (Å²) in [4.78, 5) is 13.0. The molecule has 94 valence electrons. The summed E-state index contributed by atoms with van der Waals surface area (Å²) in [6, 6.07) is 0.146. The summed E-state index contributed by atoms with van der Waals surface area (Å²) in [5, 5.41) is 8.88. The average Bonchev–Trinajstić information content (AvgIpc) is 2.25. The molecule has 0 aromatic carbocycles. The first-order valence-corrected chi connectivity index (χ1v) is 6.02. The monoisotopic (exact) mass is 229 g/mol. The summed E-state index contributed by atoms with van der Waals surface area (Å²) in [6.07, 6.45) is 3.26. The SMILES string of the molecule is CCC(CC(=O)O)N1CCCC(C)(OC)C1. The molecule has 0 aromatic heterocycles. The van der Waals surface area contributed by atoms with Crippen molar-refractivity contribution < 1.29 is 14.6 Å². The zero-order valence-electron chi connectivity index (χ0n) is 10.5. The Morgan fingerprint density at radius 1 is 1.62 bits per heavy atom. The third-order valence-corrected chi connectivity index (χ3v) is 3.58. The second-order valence-electron chi connectivity index (χ2n) is 4.89. The van der Waals surface area contributed by atoms with Gasteiger partial charge in [-0.3, -0.25) is 9.69 Å². The lowest BCUT2D eigenvalue weighted by molar-refractivity contribution is -0.139. The first-order valence-electron chi connectivity index (χ1n) is 6.02. The molecule has 1 aliphatic rings. The van der Waals surface area contributed by atoms with Gasteiger partial charge in [0.1, 0.15) is 0 Å². The predicted octanol–water partition coefficient (Wildman–Crippen LogP) is 1.74. The normalized spacial score (nSPS) is 28.9. The van der Waals surface area contributed by atoms with Crippen molar-refractivity contribution in [1.82, 2.24) is 4.90 Å². The standard InChI is InChI=1S/C12H23NO3/c1-4-10(8-11(14)15)13-7-5-6-12(2,9-13)16-3/h10H,4-9H2,1-3H3,(H,14,15). The molecule has 1 rings (SSSR count). The van der Waals surface area contributed by atoms with Crippen molar-refractivity contribution in [2.45, 2.75) is 51.2 Å². The number of aliphatic carboxylic acids is 1. The van der Waals surface area contributed by atoms with E-state index in [1.807, 2.05) is 6.92 Å². The molecule has 0 aliphatic carbocycles. The van der Waals surface area contributed by atoms with Crippen LogP contribution in [0.2, 0.25) is 0 Å². The van der Waals surface area contributed by atoms with Crippen molar-refractivity contribution in [1.29, 1.82) is 0 Å². The predicted molar refractivity (Wildman–Crippen MR) is 62.6 cm³/mol. The topological polar surface area (TPSA) is 49.8 Å². The van der Waals surface area contributed by atoms with Crippen LogP contribution in [0.25, 0.3) is 0 Å². The van der Waals surface area contributed by atoms with Crippen LogP contribution in [0.4, 0.5) is 0 Å². The Morgan fingerprint density at radius 2 is 2.31 bits per heavy atom. The van der Waals surface area contributed by atoms with Crippen LogP contribution in [0.5, 0.6) is 0 Å². The van der Waals surface area contributed by atoms with E-state index >= 15 is 0 Å². The highest BCUT2D eigenvalue weighted by atomic mass is 16.5. The Balaban J connectivity index is 2.60. The first-order chi connectivity index (χ1) is 7.50. The summed E-state index contributed by atoms with van der Waals surface area (Å²) in [7, 11) is 1.74. The van der Waals surface area contributed by atoms with Gasteiger partial charge in [0, 0.05) is 19.7 Å². The van der Waals surface area contributed by atoms with E-state index in [1.54, 1.807) is 7.11 Å². The van der Waals surface area contributed by atoms with Gasteiger partial charge in [-0.05, 0) is 32.7 Å². The lowest BCUT2D eigenvalue weighted by Crippen LogP contribution is -2.51. The Kier molecular flexibility index (Phi) is 4.74. The first kappa shape index (κ1) is 13.5. The van der Waals surface area contributed by atoms with E-state index in [0.29, 0.717) is 0 Å². The molecule has 4 heteroatoms. The van der Waals surface area contributed by atoms with Gasteiger partial charge < -0.3 is 9.84 Å². The number of likely N-dealkylation sites (tertiary alicyclic amines) is 1. The maximum Gasteiger partial charge on any atom is 0.304 e. The molecule has 1 saturated heterocycles. The number of hydrogen-bond donors (Lipinski definition) is 1. The number of hydrogen-bond acceptors (Lipinski definition) is 3. The fourth-order valence-corrected chi connectivity index (χ4v) is 2.46. The third kappa shape index (κ3) is 3.46. The smallest absolute Gasteiger partial charge is 0.304 e. The lowest BCUT2D eigenvalue weighted by atomic mass is 9.92. The molecule has 0 aromatic rings. The van der Waals surface area contributed by atoms with Crippen LogP contribution in [0.3, 0.4) is 0 Å². The number of carbonyl (C=O) groups is 1. The zero-order chi connectivity index (χ0) is 12.2. The summed E-state index contributed by atoms with van der Waals surface area (Å²) in [5.74, 6) is -0.712. The van der Waals surface area contributed by atoms with Gasteiger partial charge in [-0.1, -0.05) is 6.92 Å². The summed E-state index contributed by atoms with van der Waals surface area (Å²) in [5.41, 5.74) is -0.107. The maximum atomic E-state index is 10.8. The van der Waals surface area contributed by atoms with Crippen molar-refractivity contribution in [3.63, 3.8) is 0 Å². The van der Waals surface area contributed by atoms with Gasteiger partial charge in [0.15, 0.2) is 0 Å². The third-order valence-electron chi connectivity index (χ3n) is 3.58. The number of nitrogens with zero attached hydrogens (tertiary/aromatic N) is 1. The molecule has 0 bridgehead atoms. The molecule has 0 spiro atoms. The molecular formula is C12H23NO3. The Bertz CT molecular complexity index is 244. The second kappa shape index (κ2) is 5.64. The van der Waals surface area contributed by atoms with Crippen LogP contribution in [0.15, 0.2) is 0 Å². The van der Waals surface area contributed by atoms with Gasteiger partial charge >= 0.3 is 5.97 Å². The van der Waals surface area contributed by atoms with E-state index in [-0.39, 0.29) is 18.1 Å². The molecular weight excluding hydrogens is 206 g/mol. The molecule has 0 saturated carbocycles. The zero-order valence-corrected chi connectivity index (χ0v) is 10.5. The van der Waals surface area contributed by atoms with Crippen LogP contribution in [0.1, 0.15) is 39.5 Å². The minimum absolute atomic E-state index is 0.107. The van der Waals surface area contributed by atoms with Crippen LogP contribution >= 0.6 is 0 Å². The molecule has 4 nitrogen and oxygen atoms in total. The molecule has 0 radical (unpaired) electrons. The number of ether oxygens (including phenoxy) is 1. The molecule has 1 heterocycles. The molecule has 2 unspecified atom stereocenters. The number of carboxylic acids is 1. The van der Waals surface area contributed by atoms with Gasteiger partial charge in [-0.25, -0.2) is 0 Å². The lowest BCUT2D eigenvalue weighted by Gasteiger charge is -2.42. The van der Waals surface area contributed by atoms with Gasteiger partial charge in [-0.15, -0.1) is 0 Å². The van der Waals surface area contributed by atoms with Gasteiger partial charge in [0.25, 0.3) is 0 Å². The molecule has 2 atom stereocenters. The van der Waals surface area contributed by atoms with Crippen molar-refractivity contribution in [3.05, 3.63) is 0 Å². The van der Waals surface area contributed by atoms with Crippen molar-refractivity contribution >= 4 is 5.97 Å². The second-order valence-corrected chi connectivity index (χ2v) is 4.89. The average molecular weight is 229 g/mol. The largest absolute Gasteiger partial charge is 0.481 e. The summed E-state index contributed by atoms with van der Waals surface area (Å²) in [6.45, 7) is 5.99. The fourth-order valence-electron chi connectivity index (χ4n) is 2.46. The van der Waals surface area contributed by atoms with Gasteiger partial charge in [-0.2, -0.15) is 0 Å². The van der Waals surface area contributed by atoms with Crippen LogP contribution < -0.4 is 0 Å². The van der Waals surface area contributed by atoms with Gasteiger partial charge in [0.2, 0.25) is 0 Å². The number of carboxylic acid groups (broad SMARTS) is 1. The number of rotatable bonds is 5. The van der Waals surface area contributed by atoms with E-state index in [9.17, 15) is 4.79 Å². The maximum absolute atomic E-state index is 10.8. The van der Waals surface area contributed by atoms with E-state index < -0.39 is 5.97 Å². The van der Waals surface area contributed by atoms with Crippen molar-refractivity contribution in [2.24, 2.45) is 0 Å². The van der Waals surface area contributed by atoms with E-state index in [1.165, 1.54) is 0 Å². The summed E-state index contributed by atoms with van der Waals surface area (Å²) < 4.78 is 5.52. The minimum Gasteiger partial charge on any atom is -0.481 e. The molecule has 0 amide bonds. The Labute approximate surface area is 97.6 Å². The van der Waals surface area contributed by atoms with E-state index in [2.05, 4.69) is 11.8 Å². The highest BCUT2D eigenvalue weighted by Crippen LogP contribution is 2.26. The van der Waals surface area contributed by atoms with E-state index in [4.69, 9.17) is 9.84 Å². The molecule has 1 aliphatic heterocycles.